The van der Waals surface area contributed by atoms with Gasteiger partial charge in [0, 0.05) is 11.9 Å². The molecule has 0 heterocycles. The second kappa shape index (κ2) is 18.3. The first-order chi connectivity index (χ1) is 17.1. The zero-order chi connectivity index (χ0) is 25.1. The van der Waals surface area contributed by atoms with Gasteiger partial charge in [0.1, 0.15) is 5.75 Å². The van der Waals surface area contributed by atoms with Crippen molar-refractivity contribution in [2.45, 2.75) is 129 Å². The number of benzene rings is 2. The number of aromatic hydroxyl groups is 1. The molecule has 2 aromatic rings. The van der Waals surface area contributed by atoms with E-state index in [1.54, 1.807) is 6.07 Å². The van der Waals surface area contributed by atoms with Crippen molar-refractivity contribution in [3.63, 3.8) is 0 Å². The van der Waals surface area contributed by atoms with Gasteiger partial charge in [-0.15, -0.1) is 0 Å². The number of unbranched alkanes of at least 4 members (excludes halogenated alkanes) is 17. The fourth-order valence-electron chi connectivity index (χ4n) is 5.04. The minimum atomic E-state index is -0.177. The van der Waals surface area contributed by atoms with E-state index >= 15 is 0 Å². The van der Waals surface area contributed by atoms with E-state index in [4.69, 9.17) is 0 Å². The van der Waals surface area contributed by atoms with Crippen molar-refractivity contribution in [2.24, 2.45) is 0 Å². The van der Waals surface area contributed by atoms with E-state index in [1.165, 1.54) is 103 Å². The molecule has 0 atom stereocenters. The molecule has 0 aliphatic heterocycles. The lowest BCUT2D eigenvalue weighted by atomic mass is 10.00. The summed E-state index contributed by atoms with van der Waals surface area (Å²) in [5.74, 6) is -0.0927. The smallest absolute Gasteiger partial charge is 0.255 e. The summed E-state index contributed by atoms with van der Waals surface area (Å²) in [6.45, 7) is 4.94. The summed E-state index contributed by atoms with van der Waals surface area (Å²) in [4.78, 5) is 12.6. The molecule has 0 fully saturated rings. The van der Waals surface area contributed by atoms with Gasteiger partial charge in [0.2, 0.25) is 0 Å². The van der Waals surface area contributed by atoms with Crippen LogP contribution in [0, 0.1) is 6.92 Å². The van der Waals surface area contributed by atoms with Gasteiger partial charge in [0.05, 0.1) is 5.56 Å². The third-order valence-corrected chi connectivity index (χ3v) is 7.28. The van der Waals surface area contributed by atoms with E-state index in [2.05, 4.69) is 12.2 Å². The van der Waals surface area contributed by atoms with Crippen molar-refractivity contribution in [3.8, 4) is 5.75 Å². The highest BCUT2D eigenvalue weighted by Crippen LogP contribution is 2.31. The fraction of sp³-hybridized carbons (Fsp3) is 0.656. The van der Waals surface area contributed by atoms with Crippen LogP contribution in [-0.2, 0) is 0 Å². The maximum atomic E-state index is 12.6. The molecule has 0 saturated heterocycles. The highest BCUT2D eigenvalue weighted by atomic mass is 16.3. The topological polar surface area (TPSA) is 49.3 Å². The number of aryl methyl sites for hydroxylation is 1. The van der Waals surface area contributed by atoms with Crippen LogP contribution in [-0.4, -0.2) is 17.6 Å². The van der Waals surface area contributed by atoms with E-state index in [-0.39, 0.29) is 11.7 Å². The Kier molecular flexibility index (Phi) is 15.2. The molecule has 0 aromatic heterocycles. The summed E-state index contributed by atoms with van der Waals surface area (Å²) in [5, 5.41) is 15.3. The molecule has 196 valence electrons. The first-order valence-corrected chi connectivity index (χ1v) is 14.6. The van der Waals surface area contributed by atoms with Crippen LogP contribution >= 0.6 is 0 Å². The summed E-state index contributed by atoms with van der Waals surface area (Å²) in [7, 11) is 0. The zero-order valence-electron chi connectivity index (χ0n) is 22.7. The number of hydrogen-bond acceptors (Lipinski definition) is 2. The van der Waals surface area contributed by atoms with Gasteiger partial charge in [-0.2, -0.15) is 0 Å². The average Bonchev–Trinajstić information content (AvgIpc) is 2.87. The second-order valence-electron chi connectivity index (χ2n) is 10.4. The molecule has 0 spiro atoms. The van der Waals surface area contributed by atoms with Gasteiger partial charge >= 0.3 is 0 Å². The SMILES string of the molecule is CCCCCCCCCCCCCCCCCCCCNC(=O)c1cc(C)c2ccccc2c1O. The molecule has 35 heavy (non-hydrogen) atoms. The standard InChI is InChI=1S/C32H51NO2/c1-3-4-5-6-7-8-9-10-11-12-13-14-15-16-17-18-19-22-25-33-32(35)30-26-27(2)28-23-20-21-24-29(28)31(30)34/h20-21,23-24,26,34H,3-19,22,25H2,1-2H3,(H,33,35). The van der Waals surface area contributed by atoms with Gasteiger partial charge in [-0.05, 0) is 30.4 Å². The highest BCUT2D eigenvalue weighted by molar-refractivity contribution is 6.04. The van der Waals surface area contributed by atoms with Crippen LogP contribution in [0.25, 0.3) is 10.8 Å². The molecule has 1 amide bonds. The number of carbonyl (C=O) groups is 1. The molecule has 0 radical (unpaired) electrons. The molecule has 0 bridgehead atoms. The number of phenolic OH excluding ortho intramolecular Hbond substituents is 1. The molecule has 2 aromatic carbocycles. The number of fused-ring (bicyclic) bond motifs is 1. The lowest BCUT2D eigenvalue weighted by Crippen LogP contribution is -2.24. The average molecular weight is 482 g/mol. The van der Waals surface area contributed by atoms with Gasteiger partial charge in [-0.3, -0.25) is 4.79 Å². The van der Waals surface area contributed by atoms with Gasteiger partial charge < -0.3 is 10.4 Å². The van der Waals surface area contributed by atoms with Crippen LogP contribution in [0.5, 0.6) is 5.75 Å². The van der Waals surface area contributed by atoms with Gasteiger partial charge in [0.15, 0.2) is 0 Å². The Morgan fingerprint density at radius 1 is 0.686 bits per heavy atom. The Bertz CT molecular complexity index is 845. The number of carbonyl (C=O) groups excluding carboxylic acids is 1. The van der Waals surface area contributed by atoms with E-state index in [1.807, 2.05) is 31.2 Å². The van der Waals surface area contributed by atoms with Crippen LogP contribution in [0.15, 0.2) is 30.3 Å². The highest BCUT2D eigenvalue weighted by Gasteiger charge is 2.15. The van der Waals surface area contributed by atoms with Crippen molar-refractivity contribution < 1.29 is 9.90 Å². The van der Waals surface area contributed by atoms with Gasteiger partial charge in [-0.25, -0.2) is 0 Å². The molecule has 0 aliphatic carbocycles. The molecular formula is C32H51NO2. The normalized spacial score (nSPS) is 11.3. The fourth-order valence-corrected chi connectivity index (χ4v) is 5.04. The number of rotatable bonds is 20. The lowest BCUT2D eigenvalue weighted by molar-refractivity contribution is 0.0950. The molecule has 2 N–H and O–H groups in total. The molecule has 0 unspecified atom stereocenters. The minimum absolute atomic E-state index is 0.0847. The van der Waals surface area contributed by atoms with Crippen LogP contribution in [0.3, 0.4) is 0 Å². The number of nitrogens with one attached hydrogen (secondary N) is 1. The van der Waals surface area contributed by atoms with Crippen LogP contribution in [0.4, 0.5) is 0 Å². The first kappa shape index (κ1) is 29.2. The van der Waals surface area contributed by atoms with Crippen molar-refractivity contribution in [2.75, 3.05) is 6.54 Å². The summed E-state index contributed by atoms with van der Waals surface area (Å²) in [5.41, 5.74) is 1.39. The third-order valence-electron chi connectivity index (χ3n) is 7.28. The summed E-state index contributed by atoms with van der Waals surface area (Å²) in [6, 6.07) is 9.48. The molecule has 2 rings (SSSR count). The quantitative estimate of drug-likeness (QED) is 0.185. The summed E-state index contributed by atoms with van der Waals surface area (Å²) >= 11 is 0. The molecular weight excluding hydrogens is 430 g/mol. The number of phenols is 1. The van der Waals surface area contributed by atoms with Crippen molar-refractivity contribution in [3.05, 3.63) is 41.5 Å². The molecule has 3 nitrogen and oxygen atoms in total. The third kappa shape index (κ3) is 11.5. The van der Waals surface area contributed by atoms with E-state index in [0.29, 0.717) is 12.1 Å². The zero-order valence-corrected chi connectivity index (χ0v) is 22.7. The Balaban J connectivity index is 1.41. The Morgan fingerprint density at radius 3 is 1.60 bits per heavy atom. The van der Waals surface area contributed by atoms with Crippen molar-refractivity contribution in [1.29, 1.82) is 0 Å². The Labute approximate surface area is 215 Å². The van der Waals surface area contributed by atoms with E-state index in [0.717, 1.165) is 29.2 Å². The predicted molar refractivity (Wildman–Crippen MR) is 151 cm³/mol. The van der Waals surface area contributed by atoms with Crippen LogP contribution in [0.1, 0.15) is 138 Å². The molecule has 3 heteroatoms. The van der Waals surface area contributed by atoms with Gasteiger partial charge in [-0.1, -0.05) is 140 Å². The monoisotopic (exact) mass is 481 g/mol. The summed E-state index contributed by atoms with van der Waals surface area (Å²) in [6.07, 6.45) is 24.5. The first-order valence-electron chi connectivity index (χ1n) is 14.6. The Morgan fingerprint density at radius 2 is 1.11 bits per heavy atom. The van der Waals surface area contributed by atoms with Gasteiger partial charge in [0.25, 0.3) is 5.91 Å². The van der Waals surface area contributed by atoms with Crippen LogP contribution < -0.4 is 5.32 Å². The van der Waals surface area contributed by atoms with Crippen molar-refractivity contribution >= 4 is 16.7 Å². The number of amides is 1. The lowest BCUT2D eigenvalue weighted by Gasteiger charge is -2.11. The van der Waals surface area contributed by atoms with Crippen molar-refractivity contribution in [1.82, 2.24) is 5.32 Å². The Hall–Kier alpha value is -2.03. The number of hydrogen-bond donors (Lipinski definition) is 2. The van der Waals surface area contributed by atoms with E-state index in [9.17, 15) is 9.90 Å². The maximum Gasteiger partial charge on any atom is 0.255 e. The minimum Gasteiger partial charge on any atom is -0.506 e. The largest absolute Gasteiger partial charge is 0.506 e. The molecule has 0 aliphatic rings. The van der Waals surface area contributed by atoms with Crippen LogP contribution in [0.2, 0.25) is 0 Å². The summed E-state index contributed by atoms with van der Waals surface area (Å²) < 4.78 is 0. The molecule has 0 saturated carbocycles. The van der Waals surface area contributed by atoms with E-state index < -0.39 is 0 Å². The maximum absolute atomic E-state index is 12.6. The second-order valence-corrected chi connectivity index (χ2v) is 10.4. The predicted octanol–water partition coefficient (Wildman–Crippen LogP) is 9.63.